The van der Waals surface area contributed by atoms with E-state index in [0.717, 1.165) is 0 Å². The Bertz CT molecular complexity index is 159. The van der Waals surface area contributed by atoms with Gasteiger partial charge in [0.25, 0.3) is 0 Å². The summed E-state index contributed by atoms with van der Waals surface area (Å²) in [5, 5.41) is 27.8. The van der Waals surface area contributed by atoms with Crippen LogP contribution in [0, 0.1) is 46.9 Å². The van der Waals surface area contributed by atoms with Gasteiger partial charge in [0.1, 0.15) is 0 Å². The van der Waals surface area contributed by atoms with E-state index in [1.165, 1.54) is 20.8 Å². The van der Waals surface area contributed by atoms with Crippen molar-refractivity contribution in [2.45, 2.75) is 40.0 Å². The maximum Gasteiger partial charge on any atom is 3.00 e. The fourth-order valence-corrected chi connectivity index (χ4v) is 0. The van der Waals surface area contributed by atoms with Gasteiger partial charge in [-0.1, -0.05) is 20.8 Å². The van der Waals surface area contributed by atoms with Crippen LogP contribution in [0.15, 0.2) is 0 Å². The summed E-state index contributed by atoms with van der Waals surface area (Å²) < 4.78 is 0. The van der Waals surface area contributed by atoms with E-state index in [9.17, 15) is 29.7 Å². The van der Waals surface area contributed by atoms with Crippen molar-refractivity contribution in [3.8, 4) is 0 Å². The average molecular weight is 392 g/mol. The molecule has 0 bridgehead atoms. The number of carboxylic acids is 3. The zero-order chi connectivity index (χ0) is 12.9. The van der Waals surface area contributed by atoms with Gasteiger partial charge in [0.2, 0.25) is 0 Å². The third-order valence-electron chi connectivity index (χ3n) is 0.866. The van der Waals surface area contributed by atoms with Gasteiger partial charge in [-0.3, -0.25) is 0 Å². The molecule has 7 heteroatoms. The van der Waals surface area contributed by atoms with Crippen LogP contribution in [0.2, 0.25) is 0 Å². The van der Waals surface area contributed by atoms with Crippen LogP contribution in [0.4, 0.5) is 0 Å². The largest absolute Gasteiger partial charge is 3.00 e. The molecule has 0 fully saturated rings. The number of rotatable bonds is 3. The molecule has 0 N–H and O–H groups in total. The Kier molecular flexibility index (Phi) is 31.7. The Balaban J connectivity index is -0.0000000655. The van der Waals surface area contributed by atoms with Crippen LogP contribution < -0.4 is 15.3 Å². The van der Waals surface area contributed by atoms with Crippen LogP contribution in [-0.4, -0.2) is 17.9 Å². The Morgan fingerprint density at radius 3 is 0.750 bits per heavy atom. The summed E-state index contributed by atoms with van der Waals surface area (Å²) in [6.45, 7) is 4.61. The molecule has 0 aliphatic carbocycles. The predicted molar refractivity (Wildman–Crippen MR) is 45.9 cm³/mol. The van der Waals surface area contributed by atoms with Gasteiger partial charge in [0.05, 0.1) is 0 Å². The maximum absolute atomic E-state index is 9.26. The number of carbonyl (C=O) groups excluding carboxylic acids is 3. The first-order chi connectivity index (χ1) is 6.81. The average Bonchev–Trinajstić information content (AvgIpc) is 2.19. The van der Waals surface area contributed by atoms with Crippen molar-refractivity contribution < 1.29 is 76.6 Å². The van der Waals surface area contributed by atoms with E-state index in [1.54, 1.807) is 0 Å². The van der Waals surface area contributed by atoms with Gasteiger partial charge < -0.3 is 29.7 Å². The van der Waals surface area contributed by atoms with E-state index in [2.05, 4.69) is 0 Å². The van der Waals surface area contributed by atoms with Crippen molar-refractivity contribution in [2.75, 3.05) is 0 Å². The molecule has 0 saturated heterocycles. The van der Waals surface area contributed by atoms with Gasteiger partial charge in [-0.05, 0) is 19.3 Å². The molecule has 0 heterocycles. The van der Waals surface area contributed by atoms with Crippen molar-refractivity contribution >= 4 is 17.9 Å². The normalized spacial score (nSPS) is 6.94. The first-order valence-corrected chi connectivity index (χ1v) is 4.41. The monoisotopic (exact) mass is 393 g/mol. The van der Waals surface area contributed by atoms with Crippen LogP contribution in [-0.2, 0) is 14.4 Å². The van der Waals surface area contributed by atoms with Crippen molar-refractivity contribution in [1.82, 2.24) is 0 Å². The second-order valence-electron chi connectivity index (χ2n) is 2.18. The Morgan fingerprint density at radius 2 is 0.750 bits per heavy atom. The molecule has 1 radical (unpaired) electrons. The molecule has 0 spiro atoms. The first kappa shape index (κ1) is 24.9. The van der Waals surface area contributed by atoms with Crippen molar-refractivity contribution in [3.05, 3.63) is 0 Å². The molecule has 16 heavy (non-hydrogen) atoms. The SMILES string of the molecule is CCC(=O)[O-].CCC(=O)[O-].CCC(=O)[O-].[Yb+3]. The Morgan fingerprint density at radius 1 is 0.688 bits per heavy atom. The van der Waals surface area contributed by atoms with Crippen LogP contribution >= 0.6 is 0 Å². The molecule has 0 unspecified atom stereocenters. The van der Waals surface area contributed by atoms with E-state index in [4.69, 9.17) is 0 Å². The fourth-order valence-electron chi connectivity index (χ4n) is 0. The Labute approximate surface area is 133 Å². The summed E-state index contributed by atoms with van der Waals surface area (Å²) in [4.78, 5) is 27.8. The molecule has 0 aromatic carbocycles. The van der Waals surface area contributed by atoms with E-state index in [1.807, 2.05) is 0 Å². The molecule has 0 aromatic heterocycles. The minimum atomic E-state index is -0.995. The topological polar surface area (TPSA) is 120 Å². The standard InChI is InChI=1S/3C3H6O2.Yb/c3*1-2-3(4)5;/h3*2H2,1H3,(H,4,5);/q;;;+3/p-3. The molecule has 0 rings (SSSR count). The van der Waals surface area contributed by atoms with Crippen molar-refractivity contribution in [3.63, 3.8) is 0 Å². The first-order valence-electron chi connectivity index (χ1n) is 4.41. The molecule has 0 saturated carbocycles. The molecule has 6 nitrogen and oxygen atoms in total. The summed E-state index contributed by atoms with van der Waals surface area (Å²) in [7, 11) is 0. The van der Waals surface area contributed by atoms with Crippen molar-refractivity contribution in [1.29, 1.82) is 0 Å². The molecule has 0 atom stereocenters. The molecular formula is C9H15O6Yb. The second kappa shape index (κ2) is 20.4. The van der Waals surface area contributed by atoms with Gasteiger partial charge in [-0.2, -0.15) is 0 Å². The van der Waals surface area contributed by atoms with E-state index >= 15 is 0 Å². The van der Waals surface area contributed by atoms with E-state index in [-0.39, 0.29) is 66.2 Å². The van der Waals surface area contributed by atoms with Crippen LogP contribution in [0.5, 0.6) is 0 Å². The second-order valence-corrected chi connectivity index (χ2v) is 2.18. The Hall–Kier alpha value is -0.0705. The minimum absolute atomic E-state index is 0. The summed E-state index contributed by atoms with van der Waals surface area (Å²) in [5.74, 6) is -2.99. The van der Waals surface area contributed by atoms with Gasteiger partial charge >= 0.3 is 46.9 Å². The molecule has 0 aliphatic rings. The van der Waals surface area contributed by atoms with Gasteiger partial charge in [-0.15, -0.1) is 0 Å². The molecule has 0 amide bonds. The third kappa shape index (κ3) is 66.2. The number of carboxylic acid groups (broad SMARTS) is 3. The quantitative estimate of drug-likeness (QED) is 0.521. The van der Waals surface area contributed by atoms with Gasteiger partial charge in [0, 0.05) is 17.9 Å². The van der Waals surface area contributed by atoms with Crippen molar-refractivity contribution in [2.24, 2.45) is 0 Å². The third-order valence-corrected chi connectivity index (χ3v) is 0.866. The number of aliphatic carboxylic acids is 3. The van der Waals surface area contributed by atoms with Gasteiger partial charge in [-0.25, -0.2) is 0 Å². The molecule has 0 aromatic rings. The van der Waals surface area contributed by atoms with Crippen LogP contribution in [0.3, 0.4) is 0 Å². The number of carbonyl (C=O) groups is 3. The zero-order valence-electron chi connectivity index (χ0n) is 9.34. The number of hydrogen-bond donors (Lipinski definition) is 0. The number of hydrogen-bond acceptors (Lipinski definition) is 6. The minimum Gasteiger partial charge on any atom is -0.550 e. The smallest absolute Gasteiger partial charge is 0.550 e. The fraction of sp³-hybridized carbons (Fsp3) is 0.667. The van der Waals surface area contributed by atoms with E-state index in [0.29, 0.717) is 0 Å². The van der Waals surface area contributed by atoms with Crippen LogP contribution in [0.1, 0.15) is 40.0 Å². The summed E-state index contributed by atoms with van der Waals surface area (Å²) in [5.41, 5.74) is 0. The summed E-state index contributed by atoms with van der Waals surface area (Å²) in [6, 6.07) is 0. The molecule has 0 aliphatic heterocycles. The molecule has 101 valence electrons. The molecular weight excluding hydrogens is 377 g/mol. The summed E-state index contributed by atoms with van der Waals surface area (Å²) in [6.07, 6.45) is 0.333. The van der Waals surface area contributed by atoms with E-state index < -0.39 is 17.9 Å². The van der Waals surface area contributed by atoms with Gasteiger partial charge in [0.15, 0.2) is 0 Å². The zero-order valence-corrected chi connectivity index (χ0v) is 11.1. The summed E-state index contributed by atoms with van der Waals surface area (Å²) >= 11 is 0. The maximum atomic E-state index is 9.26. The predicted octanol–water partition coefficient (Wildman–Crippen LogP) is -2.56. The van der Waals surface area contributed by atoms with Crippen LogP contribution in [0.25, 0.3) is 0 Å².